The van der Waals surface area contributed by atoms with Crippen LogP contribution in [0.4, 0.5) is 8.78 Å². The molecule has 0 bridgehead atoms. The molecule has 1 amide bonds. The van der Waals surface area contributed by atoms with Crippen LogP contribution in [-0.4, -0.2) is 40.1 Å². The van der Waals surface area contributed by atoms with Gasteiger partial charge in [-0.1, -0.05) is 6.07 Å². The van der Waals surface area contributed by atoms with Gasteiger partial charge in [-0.25, -0.2) is 13.4 Å². The van der Waals surface area contributed by atoms with Crippen molar-refractivity contribution < 1.29 is 18.2 Å². The number of carbonyl (C=O) groups is 1. The third kappa shape index (κ3) is 3.08. The number of amides is 1. The Kier molecular flexibility index (Phi) is 3.80. The fraction of sp³-hybridized carbons (Fsp3) is 0.533. The summed E-state index contributed by atoms with van der Waals surface area (Å²) in [5.74, 6) is -2.83. The maximum absolute atomic E-state index is 13.5. The van der Waals surface area contributed by atoms with Gasteiger partial charge in [0, 0.05) is 25.9 Å². The Balaban J connectivity index is 1.67. The Labute approximate surface area is 126 Å². The van der Waals surface area contributed by atoms with E-state index in [0.717, 1.165) is 5.56 Å². The zero-order valence-electron chi connectivity index (χ0n) is 12.3. The Morgan fingerprint density at radius 2 is 2.18 bits per heavy atom. The molecule has 3 rings (SSSR count). The highest BCUT2D eigenvalue weighted by Gasteiger charge is 2.38. The van der Waals surface area contributed by atoms with E-state index in [4.69, 9.17) is 0 Å². The first-order chi connectivity index (χ1) is 10.4. The minimum Gasteiger partial charge on any atom is -0.342 e. The highest BCUT2D eigenvalue weighted by atomic mass is 19.3. The summed E-state index contributed by atoms with van der Waals surface area (Å²) in [5.41, 5.74) is 1.97. The average molecular weight is 309 g/mol. The van der Waals surface area contributed by atoms with Crippen molar-refractivity contribution in [3.63, 3.8) is 0 Å². The van der Waals surface area contributed by atoms with E-state index in [1.807, 2.05) is 0 Å². The van der Waals surface area contributed by atoms with Crippen LogP contribution in [0, 0.1) is 0 Å². The first kappa shape index (κ1) is 14.9. The molecule has 0 N–H and O–H groups in total. The molecule has 0 saturated heterocycles. The molecule has 1 fully saturated rings. The number of aromatic nitrogens is 2. The Hall–Kier alpha value is -2.05. The van der Waals surface area contributed by atoms with Gasteiger partial charge in [0.2, 0.25) is 11.8 Å². The quantitative estimate of drug-likeness (QED) is 0.875. The lowest BCUT2D eigenvalue weighted by molar-refractivity contribution is -0.135. The van der Waals surface area contributed by atoms with E-state index in [0.29, 0.717) is 23.9 Å². The van der Waals surface area contributed by atoms with Crippen molar-refractivity contribution in [2.24, 2.45) is 0 Å². The lowest BCUT2D eigenvalue weighted by Crippen LogP contribution is -2.43. The van der Waals surface area contributed by atoms with E-state index in [1.165, 1.54) is 4.90 Å². The predicted molar refractivity (Wildman–Crippen MR) is 75.5 cm³/mol. The zero-order valence-corrected chi connectivity index (χ0v) is 12.3. The van der Waals surface area contributed by atoms with Gasteiger partial charge in [0.05, 0.1) is 6.42 Å². The second-order valence-electron chi connectivity index (χ2n) is 5.87. The summed E-state index contributed by atoms with van der Waals surface area (Å²) >= 11 is 0. The van der Waals surface area contributed by atoms with Crippen molar-refractivity contribution in [3.05, 3.63) is 23.8 Å². The van der Waals surface area contributed by atoms with E-state index in [1.54, 1.807) is 25.2 Å². The molecule has 22 heavy (non-hydrogen) atoms. The van der Waals surface area contributed by atoms with Crippen molar-refractivity contribution in [1.82, 2.24) is 15.2 Å². The summed E-state index contributed by atoms with van der Waals surface area (Å²) in [7, 11) is 1.60. The molecule has 1 aromatic heterocycles. The van der Waals surface area contributed by atoms with E-state index in [9.17, 15) is 13.6 Å². The molecule has 1 atom stereocenters. The standard InChI is InChI=1S/C15H17F2N3O2/c1-20(11-3-2-6-15(16,17)9-11)14(21)8-10-4-5-12-13(7-10)19-22-18-12/h4-5,7,11H,2-3,6,8-9H2,1H3. The summed E-state index contributed by atoms with van der Waals surface area (Å²) in [4.78, 5) is 13.8. The third-order valence-corrected chi connectivity index (χ3v) is 4.23. The van der Waals surface area contributed by atoms with Gasteiger partial charge in [0.1, 0.15) is 11.0 Å². The largest absolute Gasteiger partial charge is 0.342 e. The fourth-order valence-electron chi connectivity index (χ4n) is 2.92. The number of benzene rings is 1. The maximum Gasteiger partial charge on any atom is 0.250 e. The lowest BCUT2D eigenvalue weighted by Gasteiger charge is -2.35. The second-order valence-corrected chi connectivity index (χ2v) is 5.87. The number of nitrogens with zero attached hydrogens (tertiary/aromatic N) is 3. The number of halogens is 2. The summed E-state index contributed by atoms with van der Waals surface area (Å²) in [6, 6.07) is 4.83. The molecule has 7 heteroatoms. The van der Waals surface area contributed by atoms with E-state index < -0.39 is 12.0 Å². The summed E-state index contributed by atoms with van der Waals surface area (Å²) in [5, 5.41) is 7.43. The molecular weight excluding hydrogens is 292 g/mol. The van der Waals surface area contributed by atoms with Gasteiger partial charge < -0.3 is 4.90 Å². The van der Waals surface area contributed by atoms with Crippen molar-refractivity contribution in [1.29, 1.82) is 0 Å². The summed E-state index contributed by atoms with van der Waals surface area (Å²) in [6.07, 6.45) is 0.903. The van der Waals surface area contributed by atoms with Crippen LogP contribution in [0.15, 0.2) is 22.8 Å². The molecule has 1 saturated carbocycles. The molecule has 1 aliphatic rings. The van der Waals surface area contributed by atoms with E-state index in [-0.39, 0.29) is 25.2 Å². The fourth-order valence-corrected chi connectivity index (χ4v) is 2.92. The highest BCUT2D eigenvalue weighted by Crippen LogP contribution is 2.35. The summed E-state index contributed by atoms with van der Waals surface area (Å²) < 4.78 is 31.6. The van der Waals surface area contributed by atoms with Crippen LogP contribution in [0.1, 0.15) is 31.2 Å². The number of hydrogen-bond acceptors (Lipinski definition) is 4. The molecule has 1 aromatic carbocycles. The van der Waals surface area contributed by atoms with Crippen molar-refractivity contribution in [3.8, 4) is 0 Å². The van der Waals surface area contributed by atoms with E-state index in [2.05, 4.69) is 14.9 Å². The SMILES string of the molecule is CN(C(=O)Cc1ccc2nonc2c1)C1CCCC(F)(F)C1. The number of hydrogen-bond donors (Lipinski definition) is 0. The number of fused-ring (bicyclic) bond motifs is 1. The van der Waals surface area contributed by atoms with Crippen molar-refractivity contribution in [2.45, 2.75) is 44.1 Å². The molecule has 1 unspecified atom stereocenters. The Morgan fingerprint density at radius 1 is 1.41 bits per heavy atom. The lowest BCUT2D eigenvalue weighted by atomic mass is 9.91. The molecule has 118 valence electrons. The van der Waals surface area contributed by atoms with Gasteiger partial charge in [-0.3, -0.25) is 4.79 Å². The Morgan fingerprint density at radius 3 is 2.95 bits per heavy atom. The van der Waals surface area contributed by atoms with Crippen molar-refractivity contribution >= 4 is 16.9 Å². The molecule has 5 nitrogen and oxygen atoms in total. The average Bonchev–Trinajstić information content (AvgIpc) is 2.93. The first-order valence-corrected chi connectivity index (χ1v) is 7.29. The van der Waals surface area contributed by atoms with Crippen LogP contribution in [-0.2, 0) is 11.2 Å². The second kappa shape index (κ2) is 5.62. The number of carbonyl (C=O) groups excluding carboxylic acids is 1. The predicted octanol–water partition coefficient (Wildman–Crippen LogP) is 2.80. The van der Waals surface area contributed by atoms with Crippen LogP contribution < -0.4 is 0 Å². The normalized spacial score (nSPS) is 21.0. The van der Waals surface area contributed by atoms with Crippen LogP contribution in [0.3, 0.4) is 0 Å². The minimum atomic E-state index is -2.66. The molecule has 0 radical (unpaired) electrons. The van der Waals surface area contributed by atoms with E-state index >= 15 is 0 Å². The van der Waals surface area contributed by atoms with Crippen LogP contribution in [0.5, 0.6) is 0 Å². The third-order valence-electron chi connectivity index (χ3n) is 4.23. The summed E-state index contributed by atoms with van der Waals surface area (Å²) in [6.45, 7) is 0. The van der Waals surface area contributed by atoms with Gasteiger partial charge >= 0.3 is 0 Å². The van der Waals surface area contributed by atoms with Gasteiger partial charge in [-0.05, 0) is 40.9 Å². The molecule has 1 aliphatic carbocycles. The van der Waals surface area contributed by atoms with Gasteiger partial charge in [-0.2, -0.15) is 0 Å². The van der Waals surface area contributed by atoms with Crippen LogP contribution in [0.2, 0.25) is 0 Å². The molecule has 2 aromatic rings. The smallest absolute Gasteiger partial charge is 0.250 e. The number of likely N-dealkylation sites (N-methyl/N-ethyl adjacent to an activating group) is 1. The zero-order chi connectivity index (χ0) is 15.7. The van der Waals surface area contributed by atoms with Crippen LogP contribution >= 0.6 is 0 Å². The highest BCUT2D eigenvalue weighted by molar-refractivity contribution is 5.81. The monoisotopic (exact) mass is 309 g/mol. The molecule has 0 aliphatic heterocycles. The number of alkyl halides is 2. The molecule has 0 spiro atoms. The maximum atomic E-state index is 13.5. The Bertz CT molecular complexity index is 686. The topological polar surface area (TPSA) is 59.2 Å². The van der Waals surface area contributed by atoms with Gasteiger partial charge in [0.25, 0.3) is 0 Å². The first-order valence-electron chi connectivity index (χ1n) is 7.29. The number of rotatable bonds is 3. The van der Waals surface area contributed by atoms with Crippen LogP contribution in [0.25, 0.3) is 11.0 Å². The van der Waals surface area contributed by atoms with Gasteiger partial charge in [-0.15, -0.1) is 0 Å². The molecular formula is C15H17F2N3O2. The minimum absolute atomic E-state index is 0.0820. The van der Waals surface area contributed by atoms with Gasteiger partial charge in [0.15, 0.2) is 0 Å². The molecule has 1 heterocycles. The van der Waals surface area contributed by atoms with Crippen molar-refractivity contribution in [2.75, 3.05) is 7.05 Å².